The third-order valence-electron chi connectivity index (χ3n) is 8.72. The molecule has 3 heterocycles. The Balaban J connectivity index is 1.58. The van der Waals surface area contributed by atoms with E-state index in [4.69, 9.17) is 23.0 Å². The van der Waals surface area contributed by atoms with Crippen molar-refractivity contribution in [1.29, 1.82) is 0 Å². The molecule has 0 spiro atoms. The molecule has 0 aromatic carbocycles. The quantitative estimate of drug-likeness (QED) is 0.449. The first kappa shape index (κ1) is 24.3. The summed E-state index contributed by atoms with van der Waals surface area (Å²) in [5, 5.41) is 0. The van der Waals surface area contributed by atoms with E-state index >= 15 is 0 Å². The Kier molecular flexibility index (Phi) is 5.84. The first-order valence-corrected chi connectivity index (χ1v) is 12.2. The van der Waals surface area contributed by atoms with E-state index in [0.717, 1.165) is 0 Å². The fourth-order valence-electron chi connectivity index (χ4n) is 7.19. The van der Waals surface area contributed by atoms with Gasteiger partial charge in [0.05, 0.1) is 37.0 Å². The summed E-state index contributed by atoms with van der Waals surface area (Å²) in [6.45, 7) is 5.09. The van der Waals surface area contributed by atoms with E-state index in [1.54, 1.807) is 18.4 Å². The van der Waals surface area contributed by atoms with Gasteiger partial charge >= 0.3 is 17.9 Å². The molecule has 0 unspecified atom stereocenters. The van der Waals surface area contributed by atoms with Gasteiger partial charge in [0.25, 0.3) is 0 Å². The van der Waals surface area contributed by atoms with Gasteiger partial charge in [-0.2, -0.15) is 0 Å². The Hall–Kier alpha value is -3.36. The molecule has 5 rings (SSSR count). The zero-order valence-electron chi connectivity index (χ0n) is 20.8. The Morgan fingerprint density at radius 3 is 2.56 bits per heavy atom. The lowest BCUT2D eigenvalue weighted by atomic mass is 9.43. The Morgan fingerprint density at radius 2 is 1.89 bits per heavy atom. The Labute approximate surface area is 208 Å². The molecule has 2 saturated carbocycles. The Bertz CT molecular complexity index is 1190. The molecule has 1 aliphatic heterocycles. The number of fused-ring (bicyclic) bond motifs is 3. The molecule has 0 N–H and O–H groups in total. The highest BCUT2D eigenvalue weighted by Crippen LogP contribution is 2.65. The van der Waals surface area contributed by atoms with Gasteiger partial charge < -0.3 is 23.0 Å². The molecule has 9 heteroatoms. The van der Waals surface area contributed by atoms with Crippen LogP contribution in [-0.2, 0) is 33.4 Å². The van der Waals surface area contributed by atoms with Gasteiger partial charge in [0.2, 0.25) is 0 Å². The maximum Gasteiger partial charge on any atom is 0.310 e. The highest BCUT2D eigenvalue weighted by molar-refractivity contribution is 5.93. The number of esters is 3. The topological polar surface area (TPSA) is 122 Å². The molecule has 2 aliphatic carbocycles. The van der Waals surface area contributed by atoms with Gasteiger partial charge in [-0.3, -0.25) is 19.2 Å². The number of Topliss-reactive ketones (excluding diaryl/α,β-unsaturated/α-hetero) is 1. The summed E-state index contributed by atoms with van der Waals surface area (Å²) in [4.78, 5) is 52.1. The van der Waals surface area contributed by atoms with Crippen molar-refractivity contribution in [1.82, 2.24) is 0 Å². The fourth-order valence-corrected chi connectivity index (χ4v) is 7.19. The van der Waals surface area contributed by atoms with Crippen molar-refractivity contribution in [3.8, 4) is 11.3 Å². The lowest BCUT2D eigenvalue weighted by Gasteiger charge is -2.61. The van der Waals surface area contributed by atoms with Crippen molar-refractivity contribution in [2.45, 2.75) is 58.7 Å². The maximum atomic E-state index is 14.0. The van der Waals surface area contributed by atoms with Crippen molar-refractivity contribution in [2.75, 3.05) is 7.11 Å². The molecule has 7 atom stereocenters. The number of methoxy groups -OCH3 is 1. The summed E-state index contributed by atoms with van der Waals surface area (Å²) in [5.74, 6) is -3.05. The van der Waals surface area contributed by atoms with Crippen molar-refractivity contribution in [3.05, 3.63) is 36.5 Å². The molecule has 2 aromatic rings. The standard InChI is InChI=1S/C27H30O9/c1-14(28)35-19-11-18(24(30)32-4)26(2)8-5-17-25(31)36-20(12-27(17,3)23(26)21(19)29)16-7-10-34-22(16)15-6-9-33-13-15/h6-7,9-10,13,17-20,23H,5,8,11-12H2,1-4H3/t17-,18-,19-,20-,23-,26-,27-/m0/s1. The third kappa shape index (κ3) is 3.59. The van der Waals surface area contributed by atoms with Crippen LogP contribution in [0.15, 0.2) is 39.8 Å². The first-order chi connectivity index (χ1) is 17.1. The zero-order chi connectivity index (χ0) is 25.8. The average Bonchev–Trinajstić information content (AvgIpc) is 3.51. The maximum absolute atomic E-state index is 14.0. The van der Waals surface area contributed by atoms with Crippen LogP contribution in [0.1, 0.15) is 58.1 Å². The minimum atomic E-state index is -1.08. The number of hydrogen-bond donors (Lipinski definition) is 0. The number of carbonyl (C=O) groups excluding carboxylic acids is 4. The molecule has 0 bridgehead atoms. The molecule has 3 aliphatic rings. The highest BCUT2D eigenvalue weighted by atomic mass is 16.6. The van der Waals surface area contributed by atoms with E-state index in [-0.39, 0.29) is 18.2 Å². The van der Waals surface area contributed by atoms with Crippen LogP contribution in [0, 0.1) is 28.6 Å². The van der Waals surface area contributed by atoms with Gasteiger partial charge in [0, 0.05) is 24.8 Å². The number of rotatable bonds is 4. The molecule has 0 radical (unpaired) electrons. The van der Waals surface area contributed by atoms with Crippen molar-refractivity contribution in [2.24, 2.45) is 28.6 Å². The molecule has 2 aromatic heterocycles. The van der Waals surface area contributed by atoms with Crippen molar-refractivity contribution < 1.29 is 42.2 Å². The summed E-state index contributed by atoms with van der Waals surface area (Å²) in [6.07, 6.45) is 4.23. The second-order valence-corrected chi connectivity index (χ2v) is 10.7. The third-order valence-corrected chi connectivity index (χ3v) is 8.72. The lowest BCUT2D eigenvalue weighted by Crippen LogP contribution is -2.64. The molecule has 3 fully saturated rings. The first-order valence-electron chi connectivity index (χ1n) is 12.2. The van der Waals surface area contributed by atoms with E-state index in [2.05, 4.69) is 0 Å². The van der Waals surface area contributed by atoms with Crippen LogP contribution in [-0.4, -0.2) is 36.9 Å². The smallest absolute Gasteiger partial charge is 0.310 e. The van der Waals surface area contributed by atoms with Crippen LogP contribution in [0.4, 0.5) is 0 Å². The normalized spacial score (nSPS) is 35.8. The van der Waals surface area contributed by atoms with E-state index < -0.39 is 52.7 Å². The predicted molar refractivity (Wildman–Crippen MR) is 123 cm³/mol. The van der Waals surface area contributed by atoms with Gasteiger partial charge in [-0.05, 0) is 42.2 Å². The lowest BCUT2D eigenvalue weighted by molar-refractivity contribution is -0.210. The summed E-state index contributed by atoms with van der Waals surface area (Å²) >= 11 is 0. The van der Waals surface area contributed by atoms with Gasteiger partial charge in [-0.1, -0.05) is 13.8 Å². The molecule has 0 amide bonds. The van der Waals surface area contributed by atoms with E-state index in [1.165, 1.54) is 26.6 Å². The summed E-state index contributed by atoms with van der Waals surface area (Å²) in [7, 11) is 1.32. The molecule has 192 valence electrons. The van der Waals surface area contributed by atoms with Crippen LogP contribution in [0.5, 0.6) is 0 Å². The van der Waals surface area contributed by atoms with Crippen LogP contribution in [0.2, 0.25) is 0 Å². The van der Waals surface area contributed by atoms with E-state index in [1.807, 2.05) is 13.8 Å². The predicted octanol–water partition coefficient (Wildman–Crippen LogP) is 4.26. The van der Waals surface area contributed by atoms with Crippen LogP contribution < -0.4 is 0 Å². The highest BCUT2D eigenvalue weighted by Gasteiger charge is 2.67. The van der Waals surface area contributed by atoms with Crippen LogP contribution in [0.25, 0.3) is 11.3 Å². The summed E-state index contributed by atoms with van der Waals surface area (Å²) in [5.41, 5.74) is -0.222. The SMILES string of the molecule is COC(=O)[C@@H]1C[C@H](OC(C)=O)C(=O)[C@H]2[C@@]1(C)CC[C@H]1C(=O)O[C@H](c3ccoc3-c3ccoc3)C[C@]21C. The van der Waals surface area contributed by atoms with Crippen LogP contribution >= 0.6 is 0 Å². The molecular weight excluding hydrogens is 468 g/mol. The molecule has 36 heavy (non-hydrogen) atoms. The van der Waals surface area contributed by atoms with Gasteiger partial charge in [0.15, 0.2) is 11.9 Å². The fraction of sp³-hybridized carbons (Fsp3) is 0.556. The minimum Gasteiger partial charge on any atom is -0.472 e. The number of hydrogen-bond acceptors (Lipinski definition) is 9. The van der Waals surface area contributed by atoms with Crippen LogP contribution in [0.3, 0.4) is 0 Å². The summed E-state index contributed by atoms with van der Waals surface area (Å²) < 4.78 is 27.3. The molecule has 1 saturated heterocycles. The monoisotopic (exact) mass is 498 g/mol. The average molecular weight is 499 g/mol. The van der Waals surface area contributed by atoms with Gasteiger partial charge in [0.1, 0.15) is 18.1 Å². The van der Waals surface area contributed by atoms with Crippen molar-refractivity contribution in [3.63, 3.8) is 0 Å². The van der Waals surface area contributed by atoms with E-state index in [0.29, 0.717) is 36.1 Å². The van der Waals surface area contributed by atoms with Gasteiger partial charge in [-0.15, -0.1) is 0 Å². The van der Waals surface area contributed by atoms with E-state index in [9.17, 15) is 19.2 Å². The number of furan rings is 2. The largest absolute Gasteiger partial charge is 0.472 e. The number of ketones is 1. The number of cyclic esters (lactones) is 1. The summed E-state index contributed by atoms with van der Waals surface area (Å²) in [6, 6.07) is 3.51. The van der Waals surface area contributed by atoms with Crippen molar-refractivity contribution >= 4 is 23.7 Å². The van der Waals surface area contributed by atoms with Gasteiger partial charge in [-0.25, -0.2) is 0 Å². The zero-order valence-corrected chi connectivity index (χ0v) is 20.8. The number of carbonyl (C=O) groups is 4. The molecule has 9 nitrogen and oxygen atoms in total. The minimum absolute atomic E-state index is 0.0685. The second-order valence-electron chi connectivity index (χ2n) is 10.7. The molecular formula is C27H30O9. The number of ether oxygens (including phenoxy) is 3. The Morgan fingerprint density at radius 1 is 1.11 bits per heavy atom. The second kappa shape index (κ2) is 8.64.